The van der Waals surface area contributed by atoms with E-state index in [1.165, 1.54) is 44.1 Å². The quantitative estimate of drug-likeness (QED) is 0.156. The maximum Gasteiger partial charge on any atom is 2.00 e. The molecule has 5 aromatic carbocycles. The Labute approximate surface area is 339 Å². The van der Waals surface area contributed by atoms with Gasteiger partial charge < -0.3 is 13.9 Å². The summed E-state index contributed by atoms with van der Waals surface area (Å²) in [5.74, 6) is 1.68. The van der Waals surface area contributed by atoms with Gasteiger partial charge in [-0.2, -0.15) is 16.7 Å². The Morgan fingerprint density at radius 3 is 2.00 bits per heavy atom. The Hall–Kier alpha value is -5.45. The standard InChI is InChI=1S/C48H43N5O.Pt/c1-10-35-22-36(53-31(6)21-30(5)50-53)24-38(23-35)54-37-17-20-40-39-13-11-12-14-43(39)51(44(40)25-37)48-34(9)45(29(4)26-49-48)52-46-32(7)27(2)15-18-41(46)42-19-16-28(3)33(8)47(42)52;/h11-23,26H,10H2,1-9H3;/q-2;+2/i10D2;. The van der Waals surface area contributed by atoms with Gasteiger partial charge in [0.15, 0.2) is 0 Å². The molecule has 6 nitrogen and oxygen atoms in total. The van der Waals surface area contributed by atoms with Gasteiger partial charge in [0, 0.05) is 48.0 Å². The van der Waals surface area contributed by atoms with Crippen molar-refractivity contribution in [3.63, 3.8) is 0 Å². The van der Waals surface area contributed by atoms with E-state index in [4.69, 9.17) is 12.5 Å². The van der Waals surface area contributed by atoms with Crippen LogP contribution in [-0.4, -0.2) is 23.9 Å². The van der Waals surface area contributed by atoms with Crippen molar-refractivity contribution in [3.8, 4) is 28.7 Å². The molecule has 0 bridgehead atoms. The number of para-hydroxylation sites is 1. The van der Waals surface area contributed by atoms with Gasteiger partial charge in [-0.05, 0) is 106 Å². The number of pyridine rings is 1. The maximum absolute atomic E-state index is 8.55. The SMILES string of the molecule is [2H]C([2H])(C)c1cc(Oc2[c-]c3c(cc2)c2ccccc2n3-c2ncc(C)c(-n3c4c(C)c(C)ccc4c4ccc(C)c(C)c43)c2C)[c-]c(-n2nc(C)cc2C)c1.[Pt+2]. The third-order valence-electron chi connectivity index (χ3n) is 11.2. The van der Waals surface area contributed by atoms with Crippen molar-refractivity contribution in [1.82, 2.24) is 23.9 Å². The van der Waals surface area contributed by atoms with Crippen LogP contribution in [0.15, 0.2) is 85.1 Å². The van der Waals surface area contributed by atoms with Gasteiger partial charge in [0.05, 0.1) is 22.4 Å². The van der Waals surface area contributed by atoms with Crippen molar-refractivity contribution in [2.45, 2.75) is 68.7 Å². The number of aromatic nitrogens is 5. The molecular formula is C48H43N5OPt. The first-order valence-electron chi connectivity index (χ1n) is 19.4. The number of fused-ring (bicyclic) bond motifs is 6. The molecule has 0 radical (unpaired) electrons. The zero-order valence-corrected chi connectivity index (χ0v) is 34.8. The predicted octanol–water partition coefficient (Wildman–Crippen LogP) is 11.9. The molecule has 4 aromatic heterocycles. The minimum absolute atomic E-state index is 0. The maximum atomic E-state index is 8.55. The summed E-state index contributed by atoms with van der Waals surface area (Å²) in [6.45, 7) is 18.6. The molecule has 0 saturated heterocycles. The van der Waals surface area contributed by atoms with E-state index in [-0.39, 0.29) is 21.1 Å². The van der Waals surface area contributed by atoms with E-state index in [0.717, 1.165) is 55.8 Å². The second kappa shape index (κ2) is 13.7. The summed E-state index contributed by atoms with van der Waals surface area (Å²) in [5, 5.41) is 9.24. The molecule has 9 rings (SSSR count). The Balaban J connectivity index is 0.00000455. The van der Waals surface area contributed by atoms with Gasteiger partial charge in [0.2, 0.25) is 0 Å². The number of hydrogen-bond acceptors (Lipinski definition) is 3. The van der Waals surface area contributed by atoms with Gasteiger partial charge in [-0.15, -0.1) is 35.7 Å². The zero-order valence-electron chi connectivity index (χ0n) is 34.5. The van der Waals surface area contributed by atoms with Crippen molar-refractivity contribution in [1.29, 1.82) is 0 Å². The number of ether oxygens (including phenoxy) is 1. The van der Waals surface area contributed by atoms with Crippen molar-refractivity contribution in [2.24, 2.45) is 0 Å². The van der Waals surface area contributed by atoms with Crippen LogP contribution in [0.5, 0.6) is 11.5 Å². The van der Waals surface area contributed by atoms with Crippen LogP contribution < -0.4 is 4.74 Å². The molecule has 0 spiro atoms. The van der Waals surface area contributed by atoms with Crippen LogP contribution in [0.1, 0.15) is 60.0 Å². The van der Waals surface area contributed by atoms with Crippen LogP contribution in [-0.2, 0) is 27.4 Å². The van der Waals surface area contributed by atoms with E-state index >= 15 is 0 Å². The Morgan fingerprint density at radius 1 is 0.673 bits per heavy atom. The number of rotatable bonds is 6. The van der Waals surface area contributed by atoms with Crippen molar-refractivity contribution in [3.05, 3.63) is 148 Å². The summed E-state index contributed by atoms with van der Waals surface area (Å²) >= 11 is 0. The third kappa shape index (κ3) is 5.73. The fraction of sp³-hybridized carbons (Fsp3) is 0.208. The van der Waals surface area contributed by atoms with E-state index < -0.39 is 6.37 Å². The number of hydrogen-bond donors (Lipinski definition) is 0. The van der Waals surface area contributed by atoms with Gasteiger partial charge in [0.25, 0.3) is 0 Å². The molecule has 0 fully saturated rings. The van der Waals surface area contributed by atoms with E-state index in [9.17, 15) is 0 Å². The van der Waals surface area contributed by atoms with Crippen LogP contribution in [0, 0.1) is 67.5 Å². The van der Waals surface area contributed by atoms with Crippen LogP contribution in [0.3, 0.4) is 0 Å². The molecule has 276 valence electrons. The smallest absolute Gasteiger partial charge is 0.509 e. The molecule has 55 heavy (non-hydrogen) atoms. The molecule has 0 amide bonds. The first kappa shape index (κ1) is 34.1. The van der Waals surface area contributed by atoms with Gasteiger partial charge in [0.1, 0.15) is 5.82 Å². The van der Waals surface area contributed by atoms with Crippen LogP contribution in [0.25, 0.3) is 60.8 Å². The normalized spacial score (nSPS) is 12.5. The van der Waals surface area contributed by atoms with Gasteiger partial charge in [-0.1, -0.05) is 61.3 Å². The largest absolute Gasteiger partial charge is 2.00 e. The fourth-order valence-corrected chi connectivity index (χ4v) is 8.22. The summed E-state index contributed by atoms with van der Waals surface area (Å²) < 4.78 is 30.1. The first-order valence-corrected chi connectivity index (χ1v) is 18.4. The van der Waals surface area contributed by atoms with Gasteiger partial charge in [-0.25, -0.2) is 4.98 Å². The topological polar surface area (TPSA) is 49.8 Å². The summed E-state index contributed by atoms with van der Waals surface area (Å²) in [6, 6.07) is 33.8. The molecule has 0 aliphatic rings. The average molecular weight is 903 g/mol. The van der Waals surface area contributed by atoms with Gasteiger partial charge in [-0.3, -0.25) is 4.68 Å². The molecule has 7 heteroatoms. The van der Waals surface area contributed by atoms with Crippen LogP contribution in [0.4, 0.5) is 0 Å². The minimum Gasteiger partial charge on any atom is -0.509 e. The monoisotopic (exact) mass is 902 g/mol. The number of nitrogens with zero attached hydrogens (tertiary/aromatic N) is 5. The Bertz CT molecular complexity index is 3030. The molecule has 9 aromatic rings. The molecule has 0 N–H and O–H groups in total. The molecular weight excluding hydrogens is 858 g/mol. The van der Waals surface area contributed by atoms with Crippen LogP contribution in [0.2, 0.25) is 0 Å². The zero-order chi connectivity index (χ0) is 39.4. The fourth-order valence-electron chi connectivity index (χ4n) is 8.22. The third-order valence-corrected chi connectivity index (χ3v) is 11.2. The summed E-state index contributed by atoms with van der Waals surface area (Å²) in [4.78, 5) is 5.17. The van der Waals surface area contributed by atoms with E-state index in [1.807, 2.05) is 32.2 Å². The molecule has 4 heterocycles. The van der Waals surface area contributed by atoms with Gasteiger partial charge >= 0.3 is 21.1 Å². The number of aryl methyl sites for hydroxylation is 8. The molecule has 0 unspecified atom stereocenters. The second-order valence-corrected chi connectivity index (χ2v) is 14.6. The van der Waals surface area contributed by atoms with E-state index in [1.54, 1.807) is 23.7 Å². The summed E-state index contributed by atoms with van der Waals surface area (Å²) in [7, 11) is 0. The summed E-state index contributed by atoms with van der Waals surface area (Å²) in [5.41, 5.74) is 15.4. The number of benzene rings is 5. The average Bonchev–Trinajstić information content (AvgIpc) is 3.79. The van der Waals surface area contributed by atoms with E-state index in [0.29, 0.717) is 22.7 Å². The van der Waals surface area contributed by atoms with Crippen molar-refractivity contribution >= 4 is 43.6 Å². The first-order chi connectivity index (χ1) is 26.7. The summed E-state index contributed by atoms with van der Waals surface area (Å²) in [6.07, 6.45) is 0.377. The molecule has 0 saturated carbocycles. The van der Waals surface area contributed by atoms with Crippen LogP contribution >= 0.6 is 0 Å². The minimum atomic E-state index is -1.62. The molecule has 0 aliphatic heterocycles. The predicted molar refractivity (Wildman–Crippen MR) is 221 cm³/mol. The molecule has 0 atom stereocenters. The van der Waals surface area contributed by atoms with Crippen molar-refractivity contribution < 1.29 is 28.5 Å². The Kier molecular flexibility index (Phi) is 8.48. The second-order valence-electron chi connectivity index (χ2n) is 14.6. The Morgan fingerprint density at radius 2 is 1.35 bits per heavy atom. The molecule has 0 aliphatic carbocycles. The van der Waals surface area contributed by atoms with E-state index in [2.05, 4.69) is 123 Å². The van der Waals surface area contributed by atoms with Crippen molar-refractivity contribution in [2.75, 3.05) is 0 Å².